The number of rotatable bonds is 9. The van der Waals surface area contributed by atoms with Crippen LogP contribution in [0.1, 0.15) is 40.5 Å². The Morgan fingerprint density at radius 1 is 1.29 bits per heavy atom. The second kappa shape index (κ2) is 9.42. The third-order valence-electron chi connectivity index (χ3n) is 3.40. The fourth-order valence-corrected chi connectivity index (χ4v) is 1.68. The van der Waals surface area contributed by atoms with Crippen LogP contribution >= 0.6 is 0 Å². The summed E-state index contributed by atoms with van der Waals surface area (Å²) >= 11 is 0. The molecule has 0 aliphatic rings. The van der Waals surface area contributed by atoms with Gasteiger partial charge in [0, 0.05) is 6.54 Å². The molecule has 4 nitrogen and oxygen atoms in total. The molecule has 0 fully saturated rings. The molecule has 0 unspecified atom stereocenters. The van der Waals surface area contributed by atoms with Crippen molar-refractivity contribution in [2.45, 2.75) is 46.6 Å². The van der Waals surface area contributed by atoms with Gasteiger partial charge >= 0.3 is 0 Å². The molecule has 0 saturated heterocycles. The summed E-state index contributed by atoms with van der Waals surface area (Å²) < 4.78 is 0. The first-order valence-electron chi connectivity index (χ1n) is 6.82. The summed E-state index contributed by atoms with van der Waals surface area (Å²) in [5.74, 6) is 0.233. The lowest BCUT2D eigenvalue weighted by Gasteiger charge is -2.20. The molecule has 17 heavy (non-hydrogen) atoms. The second-order valence-electron chi connectivity index (χ2n) is 4.58. The highest BCUT2D eigenvalue weighted by Crippen LogP contribution is 2.04. The van der Waals surface area contributed by atoms with Crippen LogP contribution in [0.3, 0.4) is 0 Å². The number of carbonyl (C=O) groups excluding carboxylic acids is 1. The molecular weight excluding hydrogens is 214 g/mol. The molecule has 0 spiro atoms. The van der Waals surface area contributed by atoms with Gasteiger partial charge in [-0.3, -0.25) is 4.79 Å². The average molecular weight is 243 g/mol. The van der Waals surface area contributed by atoms with Gasteiger partial charge in [0.15, 0.2) is 0 Å². The number of nitrogens with zero attached hydrogens (tertiary/aromatic N) is 1. The molecule has 0 aromatic heterocycles. The van der Waals surface area contributed by atoms with E-state index in [1.807, 2.05) is 6.92 Å². The van der Waals surface area contributed by atoms with E-state index in [9.17, 15) is 4.79 Å². The monoisotopic (exact) mass is 243 g/mol. The van der Waals surface area contributed by atoms with E-state index in [4.69, 9.17) is 5.73 Å². The Hall–Kier alpha value is -0.610. The number of nitrogens with one attached hydrogen (secondary N) is 1. The SMILES string of the molecule is CC[C@H](C)[C@H](N)C(=O)NCCCN(CC)CC. The van der Waals surface area contributed by atoms with Crippen LogP contribution in [-0.2, 0) is 4.79 Å². The van der Waals surface area contributed by atoms with Crippen molar-refractivity contribution in [1.82, 2.24) is 10.2 Å². The summed E-state index contributed by atoms with van der Waals surface area (Å²) in [6, 6.07) is -0.367. The minimum absolute atomic E-state index is 0.0149. The fraction of sp³-hybridized carbons (Fsp3) is 0.923. The summed E-state index contributed by atoms with van der Waals surface area (Å²) in [5, 5.41) is 2.91. The van der Waals surface area contributed by atoms with Crippen LogP contribution in [0, 0.1) is 5.92 Å². The zero-order valence-corrected chi connectivity index (χ0v) is 11.8. The van der Waals surface area contributed by atoms with Crippen molar-refractivity contribution in [1.29, 1.82) is 0 Å². The van der Waals surface area contributed by atoms with Gasteiger partial charge in [-0.25, -0.2) is 0 Å². The normalized spacial score (nSPS) is 14.7. The smallest absolute Gasteiger partial charge is 0.237 e. The Labute approximate surface area is 106 Å². The van der Waals surface area contributed by atoms with Gasteiger partial charge in [0.05, 0.1) is 6.04 Å². The molecule has 3 N–H and O–H groups in total. The molecule has 0 aliphatic carbocycles. The van der Waals surface area contributed by atoms with E-state index >= 15 is 0 Å². The lowest BCUT2D eigenvalue weighted by Crippen LogP contribution is -2.45. The topological polar surface area (TPSA) is 58.4 Å². The van der Waals surface area contributed by atoms with E-state index in [0.29, 0.717) is 0 Å². The van der Waals surface area contributed by atoms with Gasteiger partial charge in [-0.2, -0.15) is 0 Å². The highest BCUT2D eigenvalue weighted by Gasteiger charge is 2.18. The lowest BCUT2D eigenvalue weighted by atomic mass is 9.99. The van der Waals surface area contributed by atoms with Gasteiger partial charge in [-0.05, 0) is 32.0 Å². The zero-order chi connectivity index (χ0) is 13.3. The molecular formula is C13H29N3O. The Bertz CT molecular complexity index is 205. The molecule has 4 heteroatoms. The third kappa shape index (κ3) is 6.64. The van der Waals surface area contributed by atoms with Crippen molar-refractivity contribution in [3.63, 3.8) is 0 Å². The first-order valence-corrected chi connectivity index (χ1v) is 6.82. The first kappa shape index (κ1) is 16.4. The van der Waals surface area contributed by atoms with Crippen molar-refractivity contribution >= 4 is 5.91 Å². The fourth-order valence-electron chi connectivity index (χ4n) is 1.68. The molecule has 0 heterocycles. The Balaban J connectivity index is 3.71. The van der Waals surface area contributed by atoms with Crippen molar-refractivity contribution in [2.75, 3.05) is 26.2 Å². The van der Waals surface area contributed by atoms with E-state index < -0.39 is 0 Å². The summed E-state index contributed by atoms with van der Waals surface area (Å²) in [6.07, 6.45) is 1.93. The molecule has 102 valence electrons. The van der Waals surface area contributed by atoms with Crippen LogP contribution in [0.2, 0.25) is 0 Å². The van der Waals surface area contributed by atoms with Gasteiger partial charge < -0.3 is 16.0 Å². The van der Waals surface area contributed by atoms with Gasteiger partial charge in [-0.15, -0.1) is 0 Å². The molecule has 0 aromatic rings. The maximum atomic E-state index is 11.7. The first-order chi connectivity index (χ1) is 8.06. The Morgan fingerprint density at radius 2 is 1.88 bits per heavy atom. The summed E-state index contributed by atoms with van der Waals surface area (Å²) in [5.41, 5.74) is 5.84. The lowest BCUT2D eigenvalue weighted by molar-refractivity contribution is -0.123. The summed E-state index contributed by atoms with van der Waals surface area (Å²) in [6.45, 7) is 12.3. The molecule has 0 rings (SSSR count). The number of nitrogens with two attached hydrogens (primary N) is 1. The van der Waals surface area contributed by atoms with Crippen molar-refractivity contribution in [3.8, 4) is 0 Å². The summed E-state index contributed by atoms with van der Waals surface area (Å²) in [7, 11) is 0. The number of hydrogen-bond donors (Lipinski definition) is 2. The molecule has 2 atom stereocenters. The van der Waals surface area contributed by atoms with Crippen LogP contribution in [0.25, 0.3) is 0 Å². The van der Waals surface area contributed by atoms with E-state index in [1.165, 1.54) is 0 Å². The van der Waals surface area contributed by atoms with Crippen LogP contribution in [0.5, 0.6) is 0 Å². The minimum atomic E-state index is -0.367. The molecule has 0 radical (unpaired) electrons. The van der Waals surface area contributed by atoms with Crippen molar-refractivity contribution < 1.29 is 4.79 Å². The second-order valence-corrected chi connectivity index (χ2v) is 4.58. The van der Waals surface area contributed by atoms with Crippen molar-refractivity contribution in [3.05, 3.63) is 0 Å². The van der Waals surface area contributed by atoms with Crippen LogP contribution in [0.4, 0.5) is 0 Å². The van der Waals surface area contributed by atoms with Crippen LogP contribution < -0.4 is 11.1 Å². The van der Waals surface area contributed by atoms with Gasteiger partial charge in [0.2, 0.25) is 5.91 Å². The van der Waals surface area contributed by atoms with Crippen LogP contribution in [-0.4, -0.2) is 43.0 Å². The largest absolute Gasteiger partial charge is 0.355 e. The van der Waals surface area contributed by atoms with E-state index in [-0.39, 0.29) is 17.9 Å². The zero-order valence-electron chi connectivity index (χ0n) is 11.8. The van der Waals surface area contributed by atoms with E-state index in [1.54, 1.807) is 0 Å². The standard InChI is InChI=1S/C13H29N3O/c1-5-11(4)12(14)13(17)15-9-8-10-16(6-2)7-3/h11-12H,5-10,14H2,1-4H3,(H,15,17)/t11-,12-/m0/s1. The quantitative estimate of drug-likeness (QED) is 0.598. The molecule has 1 amide bonds. The maximum absolute atomic E-state index is 11.7. The average Bonchev–Trinajstić information content (AvgIpc) is 2.36. The maximum Gasteiger partial charge on any atom is 0.237 e. The number of amides is 1. The summed E-state index contributed by atoms with van der Waals surface area (Å²) in [4.78, 5) is 14.0. The van der Waals surface area contributed by atoms with E-state index in [0.717, 1.165) is 39.0 Å². The van der Waals surface area contributed by atoms with Gasteiger partial charge in [-0.1, -0.05) is 34.1 Å². The predicted octanol–water partition coefficient (Wildman–Crippen LogP) is 1.21. The molecule has 0 aromatic carbocycles. The molecule has 0 bridgehead atoms. The molecule has 0 aliphatic heterocycles. The van der Waals surface area contributed by atoms with Gasteiger partial charge in [0.25, 0.3) is 0 Å². The highest BCUT2D eigenvalue weighted by atomic mass is 16.2. The Morgan fingerprint density at radius 3 is 2.35 bits per heavy atom. The van der Waals surface area contributed by atoms with E-state index in [2.05, 4.69) is 31.0 Å². The third-order valence-corrected chi connectivity index (χ3v) is 3.40. The number of carbonyl (C=O) groups is 1. The predicted molar refractivity (Wildman–Crippen MR) is 72.8 cm³/mol. The number of hydrogen-bond acceptors (Lipinski definition) is 3. The minimum Gasteiger partial charge on any atom is -0.355 e. The Kier molecular flexibility index (Phi) is 9.09. The highest BCUT2D eigenvalue weighted by molar-refractivity contribution is 5.81. The van der Waals surface area contributed by atoms with Gasteiger partial charge in [0.1, 0.15) is 0 Å². The van der Waals surface area contributed by atoms with Crippen LogP contribution in [0.15, 0.2) is 0 Å². The molecule has 0 saturated carbocycles. The van der Waals surface area contributed by atoms with Crippen molar-refractivity contribution in [2.24, 2.45) is 11.7 Å².